The van der Waals surface area contributed by atoms with Crippen LogP contribution < -0.4 is 10.5 Å². The molecule has 10 heteroatoms. The summed E-state index contributed by atoms with van der Waals surface area (Å²) >= 11 is 0. The van der Waals surface area contributed by atoms with Gasteiger partial charge in [-0.2, -0.15) is 0 Å². The van der Waals surface area contributed by atoms with Crippen molar-refractivity contribution in [2.75, 3.05) is 45.1 Å². The molecule has 0 bridgehead atoms. The summed E-state index contributed by atoms with van der Waals surface area (Å²) in [6, 6.07) is 18.3. The van der Waals surface area contributed by atoms with Crippen molar-refractivity contribution in [2.24, 2.45) is 0 Å². The first kappa shape index (κ1) is 25.8. The lowest BCUT2D eigenvalue weighted by molar-refractivity contribution is 0.121. The smallest absolute Gasteiger partial charge is 0.219 e. The Bertz CT molecular complexity index is 1550. The fraction of sp³-hybridized carbons (Fsp3) is 0.267. The van der Waals surface area contributed by atoms with Crippen LogP contribution in [0.4, 0.5) is 10.3 Å². The van der Waals surface area contributed by atoms with Crippen molar-refractivity contribution in [3.05, 3.63) is 90.6 Å². The van der Waals surface area contributed by atoms with E-state index in [1.165, 1.54) is 12.1 Å². The molecule has 0 saturated carbocycles. The molecule has 3 aromatic heterocycles. The highest BCUT2D eigenvalue weighted by atomic mass is 19.1. The molecule has 0 aliphatic carbocycles. The van der Waals surface area contributed by atoms with Gasteiger partial charge < -0.3 is 15.4 Å². The van der Waals surface area contributed by atoms with Gasteiger partial charge in [-0.3, -0.25) is 14.5 Å². The van der Waals surface area contributed by atoms with Gasteiger partial charge >= 0.3 is 0 Å². The third-order valence-electron chi connectivity index (χ3n) is 7.09. The maximum Gasteiger partial charge on any atom is 0.219 e. The Morgan fingerprint density at radius 1 is 0.875 bits per heavy atom. The van der Waals surface area contributed by atoms with Gasteiger partial charge in [0.2, 0.25) is 5.95 Å². The minimum Gasteiger partial charge on any atom is -0.494 e. The Hall–Kier alpha value is -4.41. The van der Waals surface area contributed by atoms with Crippen molar-refractivity contribution in [1.82, 2.24) is 34.3 Å². The quantitative estimate of drug-likeness (QED) is 0.279. The van der Waals surface area contributed by atoms with Gasteiger partial charge in [-0.1, -0.05) is 6.07 Å². The Morgan fingerprint density at radius 2 is 1.65 bits per heavy atom. The predicted molar refractivity (Wildman–Crippen MR) is 153 cm³/mol. The van der Waals surface area contributed by atoms with Crippen LogP contribution in [0.3, 0.4) is 0 Å². The molecule has 1 fully saturated rings. The summed E-state index contributed by atoms with van der Waals surface area (Å²) in [5.41, 5.74) is 9.70. The molecular formula is C30H31FN8O. The molecule has 0 amide bonds. The number of hydrogen-bond acceptors (Lipinski definition) is 8. The predicted octanol–water partition coefficient (Wildman–Crippen LogP) is 4.19. The highest BCUT2D eigenvalue weighted by Gasteiger charge is 2.18. The Labute approximate surface area is 232 Å². The first-order valence-corrected chi connectivity index (χ1v) is 13.5. The second kappa shape index (κ2) is 11.8. The van der Waals surface area contributed by atoms with E-state index in [9.17, 15) is 4.39 Å². The summed E-state index contributed by atoms with van der Waals surface area (Å²) in [4.78, 5) is 22.2. The summed E-state index contributed by atoms with van der Waals surface area (Å²) in [5.74, 6) is 1.47. The molecule has 4 heterocycles. The maximum atomic E-state index is 13.9. The summed E-state index contributed by atoms with van der Waals surface area (Å²) in [6.07, 6.45) is 6.29. The SMILES string of the molecule is Nc1ncc(CN2CCN(CCCOc3ccc(-n4c(-c5ccccn5)nc5cc(F)ccc54)cc3)CC2)cn1. The van der Waals surface area contributed by atoms with E-state index in [0.29, 0.717) is 23.9 Å². The zero-order chi connectivity index (χ0) is 27.3. The normalized spacial score (nSPS) is 14.5. The molecule has 6 rings (SSSR count). The minimum absolute atomic E-state index is 0.311. The van der Waals surface area contributed by atoms with Crippen molar-refractivity contribution < 1.29 is 9.13 Å². The number of rotatable bonds is 9. The number of aromatic nitrogens is 5. The lowest BCUT2D eigenvalue weighted by atomic mass is 10.2. The van der Waals surface area contributed by atoms with E-state index < -0.39 is 0 Å². The van der Waals surface area contributed by atoms with Crippen molar-refractivity contribution in [3.63, 3.8) is 0 Å². The van der Waals surface area contributed by atoms with E-state index >= 15 is 0 Å². The standard InChI is InChI=1S/C30H31FN8O/c31-23-5-10-28-27(18-23)36-29(26-4-1-2-11-33-26)39(28)24-6-8-25(9-7-24)40-17-3-12-37-13-15-38(16-14-37)21-22-19-34-30(32)35-20-22/h1-2,4-11,18-20H,3,12-17,21H2,(H2,32,34,35). The molecule has 1 aliphatic rings. The molecule has 1 aliphatic heterocycles. The molecule has 40 heavy (non-hydrogen) atoms. The Balaban J connectivity index is 1.03. The number of hydrogen-bond donors (Lipinski definition) is 1. The zero-order valence-electron chi connectivity index (χ0n) is 22.2. The van der Waals surface area contributed by atoms with Gasteiger partial charge in [-0.25, -0.2) is 19.3 Å². The van der Waals surface area contributed by atoms with E-state index in [0.717, 1.165) is 73.9 Å². The molecule has 0 radical (unpaired) electrons. The molecule has 0 spiro atoms. The Kier molecular flexibility index (Phi) is 7.60. The van der Waals surface area contributed by atoms with Crippen LogP contribution >= 0.6 is 0 Å². The van der Waals surface area contributed by atoms with Crippen LogP contribution in [0.2, 0.25) is 0 Å². The molecule has 2 aromatic carbocycles. The third-order valence-corrected chi connectivity index (χ3v) is 7.09. The average molecular weight is 539 g/mol. The van der Waals surface area contributed by atoms with Gasteiger partial charge in [0.15, 0.2) is 5.82 Å². The topological polar surface area (TPSA) is 98.2 Å². The second-order valence-electron chi connectivity index (χ2n) is 9.88. The van der Waals surface area contributed by atoms with Crippen LogP contribution in [0.15, 0.2) is 79.3 Å². The lowest BCUT2D eigenvalue weighted by Gasteiger charge is -2.34. The number of fused-ring (bicyclic) bond motifs is 1. The number of ether oxygens (including phenoxy) is 1. The second-order valence-corrected chi connectivity index (χ2v) is 9.88. The average Bonchev–Trinajstić information content (AvgIpc) is 3.37. The van der Waals surface area contributed by atoms with Gasteiger partial charge in [-0.15, -0.1) is 0 Å². The van der Waals surface area contributed by atoms with E-state index in [2.05, 4.69) is 29.7 Å². The largest absolute Gasteiger partial charge is 0.494 e. The van der Waals surface area contributed by atoms with Crippen LogP contribution in [-0.4, -0.2) is 73.6 Å². The first-order chi connectivity index (χ1) is 19.6. The monoisotopic (exact) mass is 538 g/mol. The summed E-state index contributed by atoms with van der Waals surface area (Å²) < 4.78 is 22.0. The summed E-state index contributed by atoms with van der Waals surface area (Å²) in [7, 11) is 0. The number of imidazole rings is 1. The molecule has 204 valence electrons. The lowest BCUT2D eigenvalue weighted by Crippen LogP contribution is -2.46. The number of nitrogens with zero attached hydrogens (tertiary/aromatic N) is 7. The van der Waals surface area contributed by atoms with Crippen LogP contribution in [0, 0.1) is 5.82 Å². The number of halogens is 1. The molecule has 0 atom stereocenters. The van der Waals surface area contributed by atoms with Crippen LogP contribution in [0.25, 0.3) is 28.2 Å². The van der Waals surface area contributed by atoms with E-state index in [-0.39, 0.29) is 5.82 Å². The van der Waals surface area contributed by atoms with Crippen LogP contribution in [0.5, 0.6) is 5.75 Å². The fourth-order valence-corrected chi connectivity index (χ4v) is 5.03. The number of benzene rings is 2. The highest BCUT2D eigenvalue weighted by Crippen LogP contribution is 2.29. The van der Waals surface area contributed by atoms with Crippen molar-refractivity contribution in [2.45, 2.75) is 13.0 Å². The Morgan fingerprint density at radius 3 is 2.40 bits per heavy atom. The highest BCUT2D eigenvalue weighted by molar-refractivity contribution is 5.82. The molecule has 1 saturated heterocycles. The molecule has 5 aromatic rings. The van der Waals surface area contributed by atoms with Gasteiger partial charge in [0, 0.05) is 75.2 Å². The number of anilines is 1. The zero-order valence-corrected chi connectivity index (χ0v) is 22.2. The fourth-order valence-electron chi connectivity index (χ4n) is 5.03. The molecule has 9 nitrogen and oxygen atoms in total. The van der Waals surface area contributed by atoms with E-state index in [4.69, 9.17) is 10.5 Å². The van der Waals surface area contributed by atoms with E-state index in [1.54, 1.807) is 24.7 Å². The van der Waals surface area contributed by atoms with Crippen molar-refractivity contribution in [3.8, 4) is 23.0 Å². The van der Waals surface area contributed by atoms with Crippen LogP contribution in [-0.2, 0) is 6.54 Å². The maximum absolute atomic E-state index is 13.9. The summed E-state index contributed by atoms with van der Waals surface area (Å²) in [6.45, 7) is 6.60. The number of nitrogen functional groups attached to an aromatic ring is 1. The van der Waals surface area contributed by atoms with Crippen molar-refractivity contribution in [1.29, 1.82) is 0 Å². The minimum atomic E-state index is -0.316. The summed E-state index contributed by atoms with van der Waals surface area (Å²) in [5, 5.41) is 0. The molecule has 0 unspecified atom stereocenters. The van der Waals surface area contributed by atoms with Crippen molar-refractivity contribution >= 4 is 17.0 Å². The third kappa shape index (κ3) is 5.93. The molecular weight excluding hydrogens is 507 g/mol. The van der Waals surface area contributed by atoms with Gasteiger partial charge in [0.1, 0.15) is 17.3 Å². The van der Waals surface area contributed by atoms with E-state index in [1.807, 2.05) is 47.0 Å². The van der Waals surface area contributed by atoms with Crippen LogP contribution in [0.1, 0.15) is 12.0 Å². The number of nitrogens with two attached hydrogens (primary N) is 1. The molecule has 2 N–H and O–H groups in total. The van der Waals surface area contributed by atoms with Gasteiger partial charge in [-0.05, 0) is 55.0 Å². The van der Waals surface area contributed by atoms with Gasteiger partial charge in [0.05, 0.1) is 17.6 Å². The number of piperazine rings is 1. The first-order valence-electron chi connectivity index (χ1n) is 13.5. The number of pyridine rings is 1. The van der Waals surface area contributed by atoms with Gasteiger partial charge in [0.25, 0.3) is 0 Å².